The van der Waals surface area contributed by atoms with Gasteiger partial charge in [0.15, 0.2) is 0 Å². The number of hydrogen-bond donors (Lipinski definition) is 1. The molecule has 0 amide bonds. The van der Waals surface area contributed by atoms with Crippen molar-refractivity contribution in [2.75, 3.05) is 14.2 Å². The fourth-order valence-electron chi connectivity index (χ4n) is 0.603. The van der Waals surface area contributed by atoms with E-state index in [1.165, 1.54) is 14.2 Å². The van der Waals surface area contributed by atoms with Crippen LogP contribution in [-0.4, -0.2) is 27.8 Å². The summed E-state index contributed by atoms with van der Waals surface area (Å²) in [4.78, 5) is 9.32. The maximum Gasteiger partial charge on any atom is 0.497 e. The Morgan fingerprint density at radius 3 is 1.89 bits per heavy atom. The maximum absolute atomic E-state index is 9.32. The van der Waals surface area contributed by atoms with Crippen molar-refractivity contribution in [1.29, 1.82) is 0 Å². The SMILES string of the molecule is CCC[Si](O)(OC)OC. The Morgan fingerprint density at radius 1 is 1.33 bits per heavy atom. The van der Waals surface area contributed by atoms with Crippen LogP contribution in [0.2, 0.25) is 6.04 Å². The Kier molecular flexibility index (Phi) is 4.04. The van der Waals surface area contributed by atoms with Gasteiger partial charge in [-0.15, -0.1) is 0 Å². The fourth-order valence-corrected chi connectivity index (χ4v) is 1.81. The average Bonchev–Trinajstić information content (AvgIpc) is 1.89. The van der Waals surface area contributed by atoms with Crippen LogP contribution in [0.25, 0.3) is 0 Å². The third kappa shape index (κ3) is 2.95. The second kappa shape index (κ2) is 4.00. The lowest BCUT2D eigenvalue weighted by atomic mass is 10.6. The van der Waals surface area contributed by atoms with Gasteiger partial charge >= 0.3 is 8.80 Å². The Bertz CT molecular complexity index is 72.6. The summed E-state index contributed by atoms with van der Waals surface area (Å²) in [5.74, 6) is 0. The first kappa shape index (κ1) is 9.10. The van der Waals surface area contributed by atoms with Gasteiger partial charge in [-0.3, -0.25) is 0 Å². The highest BCUT2D eigenvalue weighted by atomic mass is 28.4. The molecule has 0 saturated heterocycles. The molecule has 56 valence electrons. The lowest BCUT2D eigenvalue weighted by molar-refractivity contribution is 0.151. The Morgan fingerprint density at radius 2 is 1.78 bits per heavy atom. The lowest BCUT2D eigenvalue weighted by Crippen LogP contribution is -2.39. The molecule has 0 heterocycles. The Balaban J connectivity index is 3.62. The molecule has 0 aromatic carbocycles. The van der Waals surface area contributed by atoms with Crippen molar-refractivity contribution in [3.63, 3.8) is 0 Å². The molecule has 0 aliphatic heterocycles. The second-order valence-corrected chi connectivity index (χ2v) is 4.61. The molecule has 0 rings (SSSR count). The molecule has 0 aromatic rings. The van der Waals surface area contributed by atoms with Crippen molar-refractivity contribution in [3.05, 3.63) is 0 Å². The molecule has 0 bridgehead atoms. The Labute approximate surface area is 57.0 Å². The van der Waals surface area contributed by atoms with Crippen molar-refractivity contribution in [2.24, 2.45) is 0 Å². The Hall–Kier alpha value is 0.0969. The standard InChI is InChI=1S/C5H14O3Si/c1-4-5-9(6,7-2)8-3/h6H,4-5H2,1-3H3. The average molecular weight is 150 g/mol. The summed E-state index contributed by atoms with van der Waals surface area (Å²) in [6.07, 6.45) is 0.893. The molecule has 0 aliphatic rings. The van der Waals surface area contributed by atoms with Crippen LogP contribution in [0.1, 0.15) is 13.3 Å². The topological polar surface area (TPSA) is 38.7 Å². The summed E-state index contributed by atoms with van der Waals surface area (Å²) >= 11 is 0. The van der Waals surface area contributed by atoms with Crippen molar-refractivity contribution < 1.29 is 13.6 Å². The minimum atomic E-state index is -2.70. The van der Waals surface area contributed by atoms with Gasteiger partial charge in [-0.1, -0.05) is 13.3 Å². The number of rotatable bonds is 4. The van der Waals surface area contributed by atoms with E-state index in [9.17, 15) is 4.80 Å². The van der Waals surface area contributed by atoms with E-state index in [1.54, 1.807) is 0 Å². The van der Waals surface area contributed by atoms with Gasteiger partial charge in [-0.05, 0) is 0 Å². The van der Waals surface area contributed by atoms with Gasteiger partial charge in [-0.25, -0.2) is 0 Å². The third-order valence-electron chi connectivity index (χ3n) is 1.20. The molecule has 3 nitrogen and oxygen atoms in total. The van der Waals surface area contributed by atoms with Gasteiger partial charge in [0.25, 0.3) is 0 Å². The van der Waals surface area contributed by atoms with Crippen molar-refractivity contribution in [1.82, 2.24) is 0 Å². The van der Waals surface area contributed by atoms with E-state index in [0.717, 1.165) is 6.42 Å². The molecule has 0 unspecified atom stereocenters. The fraction of sp³-hybridized carbons (Fsp3) is 1.00. The summed E-state index contributed by atoms with van der Waals surface area (Å²) in [5.41, 5.74) is 0. The minimum Gasteiger partial charge on any atom is -0.390 e. The minimum absolute atomic E-state index is 0.639. The number of hydrogen-bond acceptors (Lipinski definition) is 3. The highest BCUT2D eigenvalue weighted by Crippen LogP contribution is 2.08. The van der Waals surface area contributed by atoms with E-state index in [-0.39, 0.29) is 0 Å². The largest absolute Gasteiger partial charge is 0.497 e. The van der Waals surface area contributed by atoms with Crippen LogP contribution in [-0.2, 0) is 8.85 Å². The zero-order valence-corrected chi connectivity index (χ0v) is 7.18. The van der Waals surface area contributed by atoms with Gasteiger partial charge in [0.2, 0.25) is 0 Å². The first-order valence-corrected chi connectivity index (χ1v) is 4.98. The summed E-state index contributed by atoms with van der Waals surface area (Å²) in [6.45, 7) is 1.98. The normalized spacial score (nSPS) is 12.0. The van der Waals surface area contributed by atoms with E-state index in [1.807, 2.05) is 6.92 Å². The summed E-state index contributed by atoms with van der Waals surface area (Å²) < 4.78 is 9.60. The highest BCUT2D eigenvalue weighted by molar-refractivity contribution is 6.59. The van der Waals surface area contributed by atoms with E-state index in [4.69, 9.17) is 8.85 Å². The first-order chi connectivity index (χ1) is 4.18. The van der Waals surface area contributed by atoms with Crippen LogP contribution in [0.15, 0.2) is 0 Å². The molecule has 1 N–H and O–H groups in total. The maximum atomic E-state index is 9.32. The molecule has 0 aromatic heterocycles. The third-order valence-corrected chi connectivity index (χ3v) is 3.61. The molecule has 0 atom stereocenters. The van der Waals surface area contributed by atoms with Crippen LogP contribution >= 0.6 is 0 Å². The summed E-state index contributed by atoms with van der Waals surface area (Å²) in [7, 11) is 0.258. The molecule has 0 radical (unpaired) electrons. The quantitative estimate of drug-likeness (QED) is 0.597. The molecular weight excluding hydrogens is 136 g/mol. The highest BCUT2D eigenvalue weighted by Gasteiger charge is 2.32. The lowest BCUT2D eigenvalue weighted by Gasteiger charge is -2.18. The van der Waals surface area contributed by atoms with E-state index in [0.29, 0.717) is 6.04 Å². The van der Waals surface area contributed by atoms with E-state index in [2.05, 4.69) is 0 Å². The molecule has 0 saturated carbocycles. The molecule has 9 heavy (non-hydrogen) atoms. The van der Waals surface area contributed by atoms with Gasteiger partial charge in [0.05, 0.1) is 0 Å². The van der Waals surface area contributed by atoms with Gasteiger partial charge in [0, 0.05) is 20.3 Å². The molecular formula is C5H14O3Si. The van der Waals surface area contributed by atoms with Crippen LogP contribution in [0.5, 0.6) is 0 Å². The molecule has 0 fully saturated rings. The zero-order chi connectivity index (χ0) is 7.33. The van der Waals surface area contributed by atoms with Crippen LogP contribution in [0, 0.1) is 0 Å². The molecule has 0 spiro atoms. The van der Waals surface area contributed by atoms with Crippen molar-refractivity contribution in [3.8, 4) is 0 Å². The smallest absolute Gasteiger partial charge is 0.390 e. The predicted molar refractivity (Wildman–Crippen MR) is 37.1 cm³/mol. The van der Waals surface area contributed by atoms with Crippen LogP contribution in [0.3, 0.4) is 0 Å². The zero-order valence-electron chi connectivity index (χ0n) is 6.18. The van der Waals surface area contributed by atoms with Crippen molar-refractivity contribution >= 4 is 8.80 Å². The van der Waals surface area contributed by atoms with Gasteiger partial charge in [-0.2, -0.15) is 0 Å². The molecule has 4 heteroatoms. The van der Waals surface area contributed by atoms with Gasteiger partial charge in [0.1, 0.15) is 0 Å². The van der Waals surface area contributed by atoms with E-state index < -0.39 is 8.80 Å². The van der Waals surface area contributed by atoms with Gasteiger partial charge < -0.3 is 13.6 Å². The summed E-state index contributed by atoms with van der Waals surface area (Å²) in [5, 5.41) is 0. The van der Waals surface area contributed by atoms with Crippen LogP contribution < -0.4 is 0 Å². The molecule has 0 aliphatic carbocycles. The monoisotopic (exact) mass is 150 g/mol. The van der Waals surface area contributed by atoms with Crippen molar-refractivity contribution in [2.45, 2.75) is 19.4 Å². The summed E-state index contributed by atoms with van der Waals surface area (Å²) in [6, 6.07) is 0.639. The van der Waals surface area contributed by atoms with Crippen LogP contribution in [0.4, 0.5) is 0 Å². The predicted octanol–water partition coefficient (Wildman–Crippen LogP) is 0.620. The second-order valence-electron chi connectivity index (χ2n) is 1.87. The van der Waals surface area contributed by atoms with E-state index >= 15 is 0 Å². The first-order valence-electron chi connectivity index (χ1n) is 3.01.